The van der Waals surface area contributed by atoms with Crippen LogP contribution in [0.3, 0.4) is 0 Å². The summed E-state index contributed by atoms with van der Waals surface area (Å²) >= 11 is 0. The summed E-state index contributed by atoms with van der Waals surface area (Å²) in [6.07, 6.45) is 0. The zero-order chi connectivity index (χ0) is 7.84. The molecule has 1 aliphatic heterocycles. The maximum atomic E-state index is 5.42. The second-order valence-electron chi connectivity index (χ2n) is 2.73. The monoisotopic (exact) mass is 153 g/mol. The molecule has 2 rings (SSSR count). The number of hydrogen-bond acceptors (Lipinski definition) is 2. The highest BCUT2D eigenvalue weighted by Crippen LogP contribution is 2.36. The summed E-state index contributed by atoms with van der Waals surface area (Å²) in [4.78, 5) is 3.17. The Morgan fingerprint density at radius 3 is 1.91 bits per heavy atom. The van der Waals surface area contributed by atoms with Gasteiger partial charge in [-0.3, -0.25) is 0 Å². The van der Waals surface area contributed by atoms with Crippen molar-refractivity contribution >= 4 is 0 Å². The van der Waals surface area contributed by atoms with Gasteiger partial charge in [0.2, 0.25) is 0 Å². The summed E-state index contributed by atoms with van der Waals surface area (Å²) in [5, 5.41) is 0. The Balaban J connectivity index is 2.52. The second-order valence-corrected chi connectivity index (χ2v) is 2.73. The molecule has 0 unspecified atom stereocenters. The fraction of sp³-hybridized carbons (Fsp3) is 0.500. The predicted octanol–water partition coefficient (Wildman–Crippen LogP) is 1.40. The van der Waals surface area contributed by atoms with E-state index in [-0.39, 0.29) is 0 Å². The molecule has 0 aromatic carbocycles. The molecule has 1 aliphatic rings. The van der Waals surface area contributed by atoms with Gasteiger partial charge in [-0.25, -0.2) is 0 Å². The number of ether oxygens (including phenoxy) is 2. The quantitative estimate of drug-likeness (QED) is 0.611. The maximum Gasteiger partial charge on any atom is 0.182 e. The average molecular weight is 153 g/mol. The molecule has 0 aliphatic carbocycles. The van der Waals surface area contributed by atoms with Crippen LogP contribution in [0.2, 0.25) is 0 Å². The first-order valence-electron chi connectivity index (χ1n) is 3.74. The van der Waals surface area contributed by atoms with Gasteiger partial charge < -0.3 is 14.5 Å². The summed E-state index contributed by atoms with van der Waals surface area (Å²) in [6, 6.07) is 0. The molecule has 0 fully saturated rings. The molecule has 0 bridgehead atoms. The van der Waals surface area contributed by atoms with E-state index in [0.717, 1.165) is 22.9 Å². The topological polar surface area (TPSA) is 34.2 Å². The number of fused-ring (bicyclic) bond motifs is 1. The zero-order valence-electron chi connectivity index (χ0n) is 6.73. The van der Waals surface area contributed by atoms with Gasteiger partial charge in [0.1, 0.15) is 13.2 Å². The Kier molecular flexibility index (Phi) is 1.31. The van der Waals surface area contributed by atoms with Crippen LogP contribution >= 0.6 is 0 Å². The van der Waals surface area contributed by atoms with Crippen molar-refractivity contribution in [2.75, 3.05) is 13.2 Å². The standard InChI is InChI=1S/C8H11NO2/c1-5-7-8(6(2)9-5)11-4-3-10-7/h9H,3-4H2,1-2H3. The largest absolute Gasteiger partial charge is 0.484 e. The molecule has 0 saturated heterocycles. The normalized spacial score (nSPS) is 15.1. The van der Waals surface area contributed by atoms with Gasteiger partial charge in [-0.2, -0.15) is 0 Å². The van der Waals surface area contributed by atoms with E-state index in [4.69, 9.17) is 9.47 Å². The van der Waals surface area contributed by atoms with Crippen molar-refractivity contribution in [2.24, 2.45) is 0 Å². The molecule has 3 heteroatoms. The number of aromatic nitrogens is 1. The average Bonchev–Trinajstić information content (AvgIpc) is 2.30. The summed E-state index contributed by atoms with van der Waals surface area (Å²) in [6.45, 7) is 5.29. The molecule has 3 nitrogen and oxygen atoms in total. The highest BCUT2D eigenvalue weighted by molar-refractivity contribution is 5.48. The zero-order valence-corrected chi connectivity index (χ0v) is 6.73. The second kappa shape index (κ2) is 2.19. The SMILES string of the molecule is Cc1[nH]c(C)c2c1OCCO2. The summed E-state index contributed by atoms with van der Waals surface area (Å²) in [5.41, 5.74) is 2.11. The number of aryl methyl sites for hydroxylation is 2. The Bertz CT molecular complexity index is 251. The van der Waals surface area contributed by atoms with Crippen molar-refractivity contribution in [3.8, 4) is 11.5 Å². The van der Waals surface area contributed by atoms with Gasteiger partial charge in [0.25, 0.3) is 0 Å². The van der Waals surface area contributed by atoms with E-state index in [1.54, 1.807) is 0 Å². The lowest BCUT2D eigenvalue weighted by molar-refractivity contribution is 0.171. The molecule has 0 amide bonds. The number of rotatable bonds is 0. The van der Waals surface area contributed by atoms with Crippen LogP contribution in [0.5, 0.6) is 11.5 Å². The fourth-order valence-electron chi connectivity index (χ4n) is 1.37. The third-order valence-corrected chi connectivity index (χ3v) is 1.84. The first-order chi connectivity index (χ1) is 5.29. The van der Waals surface area contributed by atoms with E-state index in [2.05, 4.69) is 4.98 Å². The Morgan fingerprint density at radius 2 is 1.45 bits per heavy atom. The Morgan fingerprint density at radius 1 is 1.00 bits per heavy atom. The molecule has 11 heavy (non-hydrogen) atoms. The molecule has 1 aromatic heterocycles. The van der Waals surface area contributed by atoms with E-state index in [1.165, 1.54) is 0 Å². The molecule has 1 N–H and O–H groups in total. The van der Waals surface area contributed by atoms with E-state index >= 15 is 0 Å². The molecule has 0 saturated carbocycles. The van der Waals surface area contributed by atoms with Crippen molar-refractivity contribution < 1.29 is 9.47 Å². The molecule has 1 aromatic rings. The number of hydrogen-bond donors (Lipinski definition) is 1. The first kappa shape index (κ1) is 6.58. The third kappa shape index (κ3) is 0.878. The Hall–Kier alpha value is -1.12. The van der Waals surface area contributed by atoms with E-state index < -0.39 is 0 Å². The van der Waals surface area contributed by atoms with Crippen LogP contribution < -0.4 is 9.47 Å². The molecule has 0 atom stereocenters. The van der Waals surface area contributed by atoms with Crippen LogP contribution in [0.25, 0.3) is 0 Å². The smallest absolute Gasteiger partial charge is 0.182 e. The van der Waals surface area contributed by atoms with Crippen LogP contribution in [0.15, 0.2) is 0 Å². The van der Waals surface area contributed by atoms with Crippen molar-refractivity contribution in [3.63, 3.8) is 0 Å². The first-order valence-corrected chi connectivity index (χ1v) is 3.74. The third-order valence-electron chi connectivity index (χ3n) is 1.84. The summed E-state index contributed by atoms with van der Waals surface area (Å²) in [7, 11) is 0. The molecule has 2 heterocycles. The molecule has 0 radical (unpaired) electrons. The van der Waals surface area contributed by atoms with Crippen molar-refractivity contribution in [1.29, 1.82) is 0 Å². The van der Waals surface area contributed by atoms with Crippen molar-refractivity contribution in [3.05, 3.63) is 11.4 Å². The number of H-pyrrole nitrogens is 1. The van der Waals surface area contributed by atoms with Gasteiger partial charge in [-0.05, 0) is 13.8 Å². The summed E-state index contributed by atoms with van der Waals surface area (Å²) < 4.78 is 10.8. The van der Waals surface area contributed by atoms with Crippen LogP contribution in [0.4, 0.5) is 0 Å². The minimum atomic E-state index is 0.658. The molecule has 60 valence electrons. The predicted molar refractivity (Wildman–Crippen MR) is 41.3 cm³/mol. The van der Waals surface area contributed by atoms with Crippen LogP contribution in [0, 0.1) is 13.8 Å². The van der Waals surface area contributed by atoms with E-state index in [1.807, 2.05) is 13.8 Å². The molecule has 0 spiro atoms. The number of nitrogens with one attached hydrogen (secondary N) is 1. The minimum Gasteiger partial charge on any atom is -0.484 e. The lowest BCUT2D eigenvalue weighted by Crippen LogP contribution is -2.14. The summed E-state index contributed by atoms with van der Waals surface area (Å²) in [5.74, 6) is 1.77. The lowest BCUT2D eigenvalue weighted by atomic mass is 10.3. The van der Waals surface area contributed by atoms with Gasteiger partial charge in [0, 0.05) is 0 Å². The minimum absolute atomic E-state index is 0.658. The fourth-order valence-corrected chi connectivity index (χ4v) is 1.37. The molecular formula is C8H11NO2. The van der Waals surface area contributed by atoms with Crippen molar-refractivity contribution in [2.45, 2.75) is 13.8 Å². The van der Waals surface area contributed by atoms with Crippen LogP contribution in [-0.4, -0.2) is 18.2 Å². The number of aromatic amines is 1. The van der Waals surface area contributed by atoms with Crippen LogP contribution in [0.1, 0.15) is 11.4 Å². The van der Waals surface area contributed by atoms with Gasteiger partial charge in [0.15, 0.2) is 11.5 Å². The maximum absolute atomic E-state index is 5.42. The van der Waals surface area contributed by atoms with Crippen LogP contribution in [-0.2, 0) is 0 Å². The molecular weight excluding hydrogens is 142 g/mol. The van der Waals surface area contributed by atoms with E-state index in [9.17, 15) is 0 Å². The van der Waals surface area contributed by atoms with Gasteiger partial charge in [0.05, 0.1) is 11.4 Å². The van der Waals surface area contributed by atoms with Crippen molar-refractivity contribution in [1.82, 2.24) is 4.98 Å². The van der Waals surface area contributed by atoms with Gasteiger partial charge in [-0.15, -0.1) is 0 Å². The highest BCUT2D eigenvalue weighted by atomic mass is 16.6. The van der Waals surface area contributed by atoms with E-state index in [0.29, 0.717) is 13.2 Å². The Labute approximate surface area is 65.3 Å². The van der Waals surface area contributed by atoms with Gasteiger partial charge in [-0.1, -0.05) is 0 Å². The lowest BCUT2D eigenvalue weighted by Gasteiger charge is -2.15. The highest BCUT2D eigenvalue weighted by Gasteiger charge is 2.18. The van der Waals surface area contributed by atoms with Gasteiger partial charge >= 0.3 is 0 Å².